The molecule has 2 N–H and O–H groups in total. The fraction of sp³-hybridized carbons (Fsp3) is 0.438. The number of fused-ring (bicyclic) bond motifs is 1. The monoisotopic (exact) mass is 304 g/mol. The van der Waals surface area contributed by atoms with E-state index in [4.69, 9.17) is 5.11 Å². The van der Waals surface area contributed by atoms with Gasteiger partial charge in [-0.25, -0.2) is 4.79 Å². The number of rotatable bonds is 6. The van der Waals surface area contributed by atoms with Gasteiger partial charge in [0.05, 0.1) is 0 Å². The minimum Gasteiger partial charge on any atom is -0.480 e. The van der Waals surface area contributed by atoms with Crippen molar-refractivity contribution in [3.8, 4) is 0 Å². The van der Waals surface area contributed by atoms with Crippen LogP contribution in [0.5, 0.6) is 0 Å². The van der Waals surface area contributed by atoms with Gasteiger partial charge >= 0.3 is 5.97 Å². The van der Waals surface area contributed by atoms with Gasteiger partial charge < -0.3 is 15.3 Å². The van der Waals surface area contributed by atoms with Gasteiger partial charge in [0.2, 0.25) is 5.91 Å². The van der Waals surface area contributed by atoms with Crippen LogP contribution in [0.4, 0.5) is 0 Å². The number of amides is 2. The van der Waals surface area contributed by atoms with E-state index in [0.29, 0.717) is 18.5 Å². The molecule has 0 saturated carbocycles. The summed E-state index contributed by atoms with van der Waals surface area (Å²) in [5.41, 5.74) is 1.49. The second-order valence-corrected chi connectivity index (χ2v) is 5.91. The van der Waals surface area contributed by atoms with E-state index in [1.807, 2.05) is 26.0 Å². The molecule has 0 aliphatic carbocycles. The highest BCUT2D eigenvalue weighted by atomic mass is 16.4. The first kappa shape index (κ1) is 16.0. The summed E-state index contributed by atoms with van der Waals surface area (Å²) in [6, 6.07) is 6.29. The van der Waals surface area contributed by atoms with Crippen molar-refractivity contribution in [3.63, 3.8) is 0 Å². The Hall–Kier alpha value is -2.37. The number of carboxylic acids is 1. The van der Waals surface area contributed by atoms with Crippen LogP contribution < -0.4 is 5.32 Å². The lowest BCUT2D eigenvalue weighted by molar-refractivity contribution is -0.142. The molecule has 0 fully saturated rings. The van der Waals surface area contributed by atoms with Gasteiger partial charge in [-0.3, -0.25) is 9.59 Å². The van der Waals surface area contributed by atoms with Crippen molar-refractivity contribution >= 4 is 17.8 Å². The minimum atomic E-state index is -1.06. The average Bonchev–Trinajstić information content (AvgIpc) is 2.74. The normalized spacial score (nSPS) is 14.9. The number of carbonyl (C=O) groups is 3. The Labute approximate surface area is 129 Å². The molecule has 6 nitrogen and oxygen atoms in total. The van der Waals surface area contributed by atoms with Crippen LogP contribution in [0.1, 0.15) is 36.2 Å². The molecule has 0 saturated heterocycles. The standard InChI is InChI=1S/C16H20N2O4/c1-10(2)7-13(16(21)22)17-14(19)9-18-8-11-5-3-4-6-12(11)15(18)20/h3-6,10,13H,7-9H2,1-2H3,(H,17,19)(H,21,22)/t13-/m1/s1. The highest BCUT2D eigenvalue weighted by molar-refractivity contribution is 6.00. The zero-order chi connectivity index (χ0) is 16.3. The smallest absolute Gasteiger partial charge is 0.326 e. The number of carboxylic acid groups (broad SMARTS) is 1. The third-order valence-corrected chi connectivity index (χ3v) is 3.57. The van der Waals surface area contributed by atoms with Crippen molar-refractivity contribution in [1.82, 2.24) is 10.2 Å². The third kappa shape index (κ3) is 3.63. The molecule has 1 aliphatic heterocycles. The summed E-state index contributed by atoms with van der Waals surface area (Å²) < 4.78 is 0. The Morgan fingerprint density at radius 1 is 1.32 bits per heavy atom. The molecule has 1 aromatic carbocycles. The van der Waals surface area contributed by atoms with E-state index >= 15 is 0 Å². The van der Waals surface area contributed by atoms with Crippen LogP contribution in [-0.4, -0.2) is 40.4 Å². The third-order valence-electron chi connectivity index (χ3n) is 3.57. The molecule has 1 aliphatic rings. The van der Waals surface area contributed by atoms with E-state index in [1.165, 1.54) is 4.90 Å². The van der Waals surface area contributed by atoms with Gasteiger partial charge in [-0.15, -0.1) is 0 Å². The van der Waals surface area contributed by atoms with Crippen LogP contribution in [-0.2, 0) is 16.1 Å². The molecule has 2 rings (SSSR count). The Morgan fingerprint density at radius 2 is 2.00 bits per heavy atom. The van der Waals surface area contributed by atoms with Gasteiger partial charge in [0, 0.05) is 12.1 Å². The minimum absolute atomic E-state index is 0.130. The predicted molar refractivity (Wildman–Crippen MR) is 80.2 cm³/mol. The Morgan fingerprint density at radius 3 is 2.59 bits per heavy atom. The van der Waals surface area contributed by atoms with Crippen LogP contribution in [0.2, 0.25) is 0 Å². The fourth-order valence-corrected chi connectivity index (χ4v) is 2.55. The zero-order valence-electron chi connectivity index (χ0n) is 12.7. The topological polar surface area (TPSA) is 86.7 Å². The fourth-order valence-electron chi connectivity index (χ4n) is 2.55. The largest absolute Gasteiger partial charge is 0.480 e. The molecule has 0 spiro atoms. The Bertz CT molecular complexity index is 598. The summed E-state index contributed by atoms with van der Waals surface area (Å²) in [5, 5.41) is 11.6. The maximum absolute atomic E-state index is 12.2. The second-order valence-electron chi connectivity index (χ2n) is 5.91. The van der Waals surface area contributed by atoms with Crippen LogP contribution in [0.25, 0.3) is 0 Å². The number of carbonyl (C=O) groups excluding carboxylic acids is 2. The average molecular weight is 304 g/mol. The summed E-state index contributed by atoms with van der Waals surface area (Å²) in [7, 11) is 0. The van der Waals surface area contributed by atoms with Crippen LogP contribution in [0, 0.1) is 5.92 Å². The van der Waals surface area contributed by atoms with Crippen molar-refractivity contribution in [2.24, 2.45) is 5.92 Å². The summed E-state index contributed by atoms with van der Waals surface area (Å²) in [6.45, 7) is 4.03. The molecule has 2 amide bonds. The number of hydrogen-bond acceptors (Lipinski definition) is 3. The number of benzene rings is 1. The lowest BCUT2D eigenvalue weighted by atomic mass is 10.0. The van der Waals surface area contributed by atoms with E-state index < -0.39 is 17.9 Å². The van der Waals surface area contributed by atoms with E-state index in [9.17, 15) is 14.4 Å². The van der Waals surface area contributed by atoms with Crippen LogP contribution in [0.15, 0.2) is 24.3 Å². The second kappa shape index (κ2) is 6.60. The van der Waals surface area contributed by atoms with Gasteiger partial charge in [-0.05, 0) is 24.0 Å². The van der Waals surface area contributed by atoms with Gasteiger partial charge in [0.1, 0.15) is 12.6 Å². The van der Waals surface area contributed by atoms with Crippen molar-refractivity contribution in [2.45, 2.75) is 32.9 Å². The summed E-state index contributed by atoms with van der Waals surface area (Å²) in [6.07, 6.45) is 0.356. The molecule has 118 valence electrons. The number of nitrogens with zero attached hydrogens (tertiary/aromatic N) is 1. The van der Waals surface area contributed by atoms with E-state index in [-0.39, 0.29) is 18.4 Å². The maximum Gasteiger partial charge on any atom is 0.326 e. The molecule has 1 heterocycles. The van der Waals surface area contributed by atoms with Crippen molar-refractivity contribution < 1.29 is 19.5 Å². The Balaban J connectivity index is 1.96. The highest BCUT2D eigenvalue weighted by Crippen LogP contribution is 2.21. The SMILES string of the molecule is CC(C)C[C@@H](NC(=O)CN1Cc2ccccc2C1=O)C(=O)O. The quantitative estimate of drug-likeness (QED) is 0.828. The van der Waals surface area contributed by atoms with E-state index in [2.05, 4.69) is 5.32 Å². The lowest BCUT2D eigenvalue weighted by Gasteiger charge is -2.19. The number of hydrogen-bond donors (Lipinski definition) is 2. The first-order chi connectivity index (χ1) is 10.4. The molecule has 1 atom stereocenters. The molecule has 0 unspecified atom stereocenters. The zero-order valence-corrected chi connectivity index (χ0v) is 12.7. The van der Waals surface area contributed by atoms with E-state index in [1.54, 1.807) is 12.1 Å². The Kier molecular flexibility index (Phi) is 4.80. The van der Waals surface area contributed by atoms with Gasteiger partial charge in [0.15, 0.2) is 0 Å². The number of nitrogens with one attached hydrogen (secondary N) is 1. The van der Waals surface area contributed by atoms with Gasteiger partial charge in [-0.2, -0.15) is 0 Å². The molecule has 6 heteroatoms. The summed E-state index contributed by atoms with van der Waals surface area (Å²) in [4.78, 5) is 36.8. The summed E-state index contributed by atoms with van der Waals surface area (Å²) in [5.74, 6) is -1.55. The lowest BCUT2D eigenvalue weighted by Crippen LogP contribution is -2.46. The molecule has 0 bridgehead atoms. The first-order valence-electron chi connectivity index (χ1n) is 7.28. The number of aliphatic carboxylic acids is 1. The van der Waals surface area contributed by atoms with E-state index in [0.717, 1.165) is 5.56 Å². The molecule has 1 aromatic rings. The van der Waals surface area contributed by atoms with Crippen LogP contribution >= 0.6 is 0 Å². The molecule has 0 radical (unpaired) electrons. The van der Waals surface area contributed by atoms with Crippen molar-refractivity contribution in [2.75, 3.05) is 6.54 Å². The van der Waals surface area contributed by atoms with Gasteiger partial charge in [-0.1, -0.05) is 32.0 Å². The molecular weight excluding hydrogens is 284 g/mol. The highest BCUT2D eigenvalue weighted by Gasteiger charge is 2.29. The molecule has 22 heavy (non-hydrogen) atoms. The first-order valence-corrected chi connectivity index (χ1v) is 7.28. The molecule has 0 aromatic heterocycles. The predicted octanol–water partition coefficient (Wildman–Crippen LogP) is 1.26. The van der Waals surface area contributed by atoms with Crippen LogP contribution in [0.3, 0.4) is 0 Å². The molecular formula is C16H20N2O4. The van der Waals surface area contributed by atoms with Gasteiger partial charge in [0.25, 0.3) is 5.91 Å². The maximum atomic E-state index is 12.2. The van der Waals surface area contributed by atoms with Crippen molar-refractivity contribution in [3.05, 3.63) is 35.4 Å². The van der Waals surface area contributed by atoms with Crippen molar-refractivity contribution in [1.29, 1.82) is 0 Å². The summed E-state index contributed by atoms with van der Waals surface area (Å²) >= 11 is 0.